The third-order valence-electron chi connectivity index (χ3n) is 4.45. The maximum Gasteiger partial charge on any atom is 0.275 e. The van der Waals surface area contributed by atoms with E-state index in [1.165, 1.54) is 12.1 Å². The van der Waals surface area contributed by atoms with Crippen LogP contribution in [-0.2, 0) is 11.3 Å². The van der Waals surface area contributed by atoms with Crippen molar-refractivity contribution >= 4 is 5.91 Å². The molecule has 8 heteroatoms. The molecular weight excluding hydrogens is 358 g/mol. The lowest BCUT2D eigenvalue weighted by atomic mass is 10.1. The van der Waals surface area contributed by atoms with E-state index in [1.54, 1.807) is 11.9 Å². The van der Waals surface area contributed by atoms with Crippen molar-refractivity contribution in [1.82, 2.24) is 10.1 Å². The Morgan fingerprint density at radius 2 is 2.19 bits per heavy atom. The van der Waals surface area contributed by atoms with E-state index in [9.17, 15) is 13.6 Å². The number of ether oxygens (including phenoxy) is 2. The Morgan fingerprint density at radius 3 is 2.93 bits per heavy atom. The minimum absolute atomic E-state index is 0.106. The Morgan fingerprint density at radius 1 is 1.33 bits per heavy atom. The molecule has 1 amide bonds. The number of halogens is 2. The van der Waals surface area contributed by atoms with Gasteiger partial charge < -0.3 is 18.9 Å². The van der Waals surface area contributed by atoms with Gasteiger partial charge in [-0.2, -0.15) is 0 Å². The van der Waals surface area contributed by atoms with Crippen LogP contribution in [0.5, 0.6) is 5.75 Å². The van der Waals surface area contributed by atoms with Gasteiger partial charge in [0.2, 0.25) is 0 Å². The monoisotopic (exact) mass is 380 g/mol. The molecule has 0 bridgehead atoms. The molecule has 1 aliphatic heterocycles. The zero-order chi connectivity index (χ0) is 19.2. The molecule has 0 spiro atoms. The van der Waals surface area contributed by atoms with E-state index in [4.69, 9.17) is 14.0 Å². The van der Waals surface area contributed by atoms with Crippen LogP contribution < -0.4 is 4.74 Å². The van der Waals surface area contributed by atoms with E-state index in [2.05, 4.69) is 5.16 Å². The van der Waals surface area contributed by atoms with Crippen LogP contribution in [-0.4, -0.2) is 42.3 Å². The topological polar surface area (TPSA) is 64.8 Å². The maximum atomic E-state index is 13.5. The summed E-state index contributed by atoms with van der Waals surface area (Å²) in [4.78, 5) is 14.0. The van der Waals surface area contributed by atoms with Gasteiger partial charge >= 0.3 is 0 Å². The van der Waals surface area contributed by atoms with Crippen molar-refractivity contribution in [2.24, 2.45) is 0 Å². The van der Waals surface area contributed by atoms with Crippen molar-refractivity contribution in [1.29, 1.82) is 0 Å². The molecule has 0 unspecified atom stereocenters. The molecule has 2 aromatic rings. The molecule has 0 saturated carbocycles. The van der Waals surface area contributed by atoms with Gasteiger partial charge in [0, 0.05) is 32.3 Å². The second-order valence-corrected chi connectivity index (χ2v) is 6.55. The van der Waals surface area contributed by atoms with Crippen LogP contribution in [0.1, 0.15) is 41.9 Å². The van der Waals surface area contributed by atoms with Crippen molar-refractivity contribution in [3.05, 3.63) is 47.4 Å². The first-order valence-corrected chi connectivity index (χ1v) is 8.93. The first-order valence-electron chi connectivity index (χ1n) is 8.93. The summed E-state index contributed by atoms with van der Waals surface area (Å²) in [6.07, 6.45) is 4.24. The number of amides is 1. The van der Waals surface area contributed by atoms with E-state index in [-0.39, 0.29) is 35.8 Å². The lowest BCUT2D eigenvalue weighted by molar-refractivity contribution is 0.00703. The number of hydrogen-bond donors (Lipinski definition) is 0. The Hall–Kier alpha value is -2.48. The summed E-state index contributed by atoms with van der Waals surface area (Å²) in [6, 6.07) is 4.47. The molecule has 146 valence electrons. The minimum atomic E-state index is -0.810. The Bertz CT molecular complexity index is 775. The van der Waals surface area contributed by atoms with E-state index in [0.29, 0.717) is 6.54 Å². The molecule has 27 heavy (non-hydrogen) atoms. The smallest absolute Gasteiger partial charge is 0.275 e. The fourth-order valence-corrected chi connectivity index (χ4v) is 2.89. The predicted octanol–water partition coefficient (Wildman–Crippen LogP) is 3.56. The van der Waals surface area contributed by atoms with Crippen LogP contribution in [0.2, 0.25) is 0 Å². The zero-order valence-electron chi connectivity index (χ0n) is 15.1. The SMILES string of the molecule is CN(CC[C@@H]1CCCCO1)C(=O)c1cc(COc2ccc(F)cc2F)on1. The van der Waals surface area contributed by atoms with Gasteiger partial charge in [0.05, 0.1) is 6.10 Å². The predicted molar refractivity (Wildman–Crippen MR) is 92.4 cm³/mol. The van der Waals surface area contributed by atoms with E-state index < -0.39 is 11.6 Å². The number of carbonyl (C=O) groups is 1. The lowest BCUT2D eigenvalue weighted by Crippen LogP contribution is -2.31. The molecule has 0 N–H and O–H groups in total. The first-order chi connectivity index (χ1) is 13.0. The van der Waals surface area contributed by atoms with Gasteiger partial charge in [-0.15, -0.1) is 0 Å². The van der Waals surface area contributed by atoms with Crippen LogP contribution in [0, 0.1) is 11.6 Å². The fourth-order valence-electron chi connectivity index (χ4n) is 2.89. The second kappa shape index (κ2) is 8.94. The summed E-state index contributed by atoms with van der Waals surface area (Å²) in [5, 5.41) is 3.75. The Labute approximate surface area is 156 Å². The molecular formula is C19H22F2N2O4. The quantitative estimate of drug-likeness (QED) is 0.735. The first kappa shape index (κ1) is 19.3. The number of aromatic nitrogens is 1. The van der Waals surface area contributed by atoms with Gasteiger partial charge in [-0.3, -0.25) is 4.79 Å². The molecule has 0 radical (unpaired) electrons. The lowest BCUT2D eigenvalue weighted by Gasteiger charge is -2.24. The summed E-state index contributed by atoms with van der Waals surface area (Å²) in [5.74, 6) is -1.60. The molecule has 1 aromatic carbocycles. The van der Waals surface area contributed by atoms with Crippen LogP contribution >= 0.6 is 0 Å². The van der Waals surface area contributed by atoms with Gasteiger partial charge in [0.25, 0.3) is 5.91 Å². The summed E-state index contributed by atoms with van der Waals surface area (Å²) < 4.78 is 42.4. The van der Waals surface area contributed by atoms with Gasteiger partial charge in [0.1, 0.15) is 12.4 Å². The van der Waals surface area contributed by atoms with Crippen LogP contribution in [0.25, 0.3) is 0 Å². The number of hydrogen-bond acceptors (Lipinski definition) is 5. The number of carbonyl (C=O) groups excluding carboxylic acids is 1. The standard InChI is InChI=1S/C19H22F2N2O4/c1-23(8-7-14-4-2-3-9-25-14)19(24)17-11-15(27-22-17)12-26-18-6-5-13(20)10-16(18)21/h5-6,10-11,14H,2-4,7-9,12H2,1H3/t14-/m0/s1. The zero-order valence-corrected chi connectivity index (χ0v) is 15.1. The van der Waals surface area contributed by atoms with Crippen LogP contribution in [0.4, 0.5) is 8.78 Å². The van der Waals surface area contributed by atoms with Gasteiger partial charge in [-0.05, 0) is 37.8 Å². The Balaban J connectivity index is 1.50. The third-order valence-corrected chi connectivity index (χ3v) is 4.45. The number of benzene rings is 1. The Kier molecular flexibility index (Phi) is 6.39. The average molecular weight is 380 g/mol. The molecule has 6 nitrogen and oxygen atoms in total. The third kappa shape index (κ3) is 5.26. The summed E-state index contributed by atoms with van der Waals surface area (Å²) >= 11 is 0. The van der Waals surface area contributed by atoms with Crippen molar-refractivity contribution in [3.8, 4) is 5.75 Å². The van der Waals surface area contributed by atoms with Crippen molar-refractivity contribution in [2.75, 3.05) is 20.2 Å². The van der Waals surface area contributed by atoms with E-state index in [0.717, 1.165) is 44.4 Å². The normalized spacial score (nSPS) is 16.9. The van der Waals surface area contributed by atoms with Crippen LogP contribution in [0.3, 0.4) is 0 Å². The highest BCUT2D eigenvalue weighted by molar-refractivity contribution is 5.92. The molecule has 1 aliphatic rings. The molecule has 1 aromatic heterocycles. The minimum Gasteiger partial charge on any atom is -0.482 e. The summed E-state index contributed by atoms with van der Waals surface area (Å²) in [7, 11) is 1.70. The molecule has 1 saturated heterocycles. The van der Waals surface area contributed by atoms with Crippen molar-refractivity contribution < 1.29 is 27.6 Å². The number of rotatable bonds is 7. The average Bonchev–Trinajstić information content (AvgIpc) is 3.14. The van der Waals surface area contributed by atoms with E-state index >= 15 is 0 Å². The van der Waals surface area contributed by atoms with E-state index in [1.807, 2.05) is 0 Å². The largest absolute Gasteiger partial charge is 0.482 e. The van der Waals surface area contributed by atoms with Crippen LogP contribution in [0.15, 0.2) is 28.8 Å². The summed E-state index contributed by atoms with van der Waals surface area (Å²) in [6.45, 7) is 1.22. The maximum absolute atomic E-state index is 13.5. The summed E-state index contributed by atoms with van der Waals surface area (Å²) in [5.41, 5.74) is 0.153. The van der Waals surface area contributed by atoms with Gasteiger partial charge in [0.15, 0.2) is 23.0 Å². The molecule has 1 atom stereocenters. The van der Waals surface area contributed by atoms with Gasteiger partial charge in [-0.25, -0.2) is 8.78 Å². The fraction of sp³-hybridized carbons (Fsp3) is 0.474. The van der Waals surface area contributed by atoms with Crippen molar-refractivity contribution in [2.45, 2.75) is 38.4 Å². The molecule has 1 fully saturated rings. The molecule has 3 rings (SSSR count). The molecule has 0 aliphatic carbocycles. The highest BCUT2D eigenvalue weighted by atomic mass is 19.1. The second-order valence-electron chi connectivity index (χ2n) is 6.55. The van der Waals surface area contributed by atoms with Gasteiger partial charge in [-0.1, -0.05) is 5.16 Å². The van der Waals surface area contributed by atoms with Crippen molar-refractivity contribution in [3.63, 3.8) is 0 Å². The number of nitrogens with zero attached hydrogens (tertiary/aromatic N) is 2. The highest BCUT2D eigenvalue weighted by Gasteiger charge is 2.20. The molecule has 2 heterocycles. The highest BCUT2D eigenvalue weighted by Crippen LogP contribution is 2.20.